The number of carbonyl (C=O) groups excluding carboxylic acids is 3. The van der Waals surface area contributed by atoms with Crippen LogP contribution in [0.15, 0.2) is 96.6 Å². The number of rotatable bonds is 13. The average Bonchev–Trinajstić information content (AvgIpc) is 3.04. The molecule has 0 heterocycles. The molecule has 47 heavy (non-hydrogen) atoms. The van der Waals surface area contributed by atoms with E-state index in [1.807, 2.05) is 115 Å². The van der Waals surface area contributed by atoms with Crippen molar-refractivity contribution in [3.8, 4) is 11.1 Å². The van der Waals surface area contributed by atoms with Gasteiger partial charge in [-0.2, -0.15) is 0 Å². The Labute approximate surface area is 282 Å². The largest absolute Gasteiger partial charge is 0.348 e. The third-order valence-electron chi connectivity index (χ3n) is 8.96. The van der Waals surface area contributed by atoms with Crippen LogP contribution in [0.1, 0.15) is 66.5 Å². The van der Waals surface area contributed by atoms with Crippen LogP contribution in [0.25, 0.3) is 11.1 Å². The molecule has 0 aliphatic heterocycles. The minimum absolute atomic E-state index is 0.0237. The van der Waals surface area contributed by atoms with Gasteiger partial charge in [-0.3, -0.25) is 14.4 Å². The van der Waals surface area contributed by atoms with Crippen molar-refractivity contribution in [2.75, 3.05) is 14.1 Å². The highest BCUT2D eigenvalue weighted by atomic mass is 16.2. The highest BCUT2D eigenvalue weighted by molar-refractivity contribution is 5.93. The van der Waals surface area contributed by atoms with Crippen molar-refractivity contribution >= 4 is 17.7 Å². The first-order valence-corrected chi connectivity index (χ1v) is 16.5. The first-order valence-electron chi connectivity index (χ1n) is 16.5. The summed E-state index contributed by atoms with van der Waals surface area (Å²) in [5, 5.41) is 9.30. The lowest BCUT2D eigenvalue weighted by Crippen LogP contribution is -2.61. The maximum atomic E-state index is 14.2. The van der Waals surface area contributed by atoms with Crippen molar-refractivity contribution < 1.29 is 14.4 Å². The molecule has 0 unspecified atom stereocenters. The molecule has 252 valence electrons. The van der Waals surface area contributed by atoms with Gasteiger partial charge in [-0.05, 0) is 47.6 Å². The van der Waals surface area contributed by atoms with Gasteiger partial charge in [0.1, 0.15) is 6.04 Å². The maximum Gasteiger partial charge on any atom is 0.246 e. The van der Waals surface area contributed by atoms with E-state index in [2.05, 4.69) is 40.2 Å². The first kappa shape index (κ1) is 37.2. The van der Waals surface area contributed by atoms with Crippen molar-refractivity contribution in [3.63, 3.8) is 0 Å². The predicted octanol–water partition coefficient (Wildman–Crippen LogP) is 6.50. The Morgan fingerprint density at radius 1 is 0.787 bits per heavy atom. The van der Waals surface area contributed by atoms with Crippen molar-refractivity contribution in [1.82, 2.24) is 20.9 Å². The second kappa shape index (κ2) is 16.1. The Kier molecular flexibility index (Phi) is 12.7. The van der Waals surface area contributed by atoms with Gasteiger partial charge in [-0.1, -0.05) is 139 Å². The van der Waals surface area contributed by atoms with E-state index < -0.39 is 22.9 Å². The van der Waals surface area contributed by atoms with Crippen molar-refractivity contribution in [2.45, 2.75) is 85.5 Å². The fraction of sp³-hybridized carbons (Fsp3) is 0.425. The molecular formula is C40H54N4O3. The summed E-state index contributed by atoms with van der Waals surface area (Å²) in [4.78, 5) is 42.8. The third kappa shape index (κ3) is 9.64. The summed E-state index contributed by atoms with van der Waals surface area (Å²) in [5.41, 5.74) is 3.71. The third-order valence-corrected chi connectivity index (χ3v) is 8.96. The van der Waals surface area contributed by atoms with Crippen LogP contribution in [-0.2, 0) is 26.3 Å². The molecule has 0 fully saturated rings. The molecule has 7 nitrogen and oxygen atoms in total. The standard InChI is InChI=1S/C40H54N4O3/c1-27(2)33(25-28(3)36(45)42-26-29-21-23-31(24-22-29)30-17-13-11-14-18-30)44(10)38(47)35(39(4,5)6)43-37(46)34(41-9)40(7,8)32-19-15-12-16-20-32/h11-25,27,33-35,41H,26H2,1-10H3,(H,42,45)(H,43,46)/t33-,34-,35-/m1/s1. The zero-order valence-corrected chi connectivity index (χ0v) is 29.8. The van der Waals surface area contributed by atoms with E-state index in [9.17, 15) is 14.4 Å². The van der Waals surface area contributed by atoms with Crippen molar-refractivity contribution in [3.05, 3.63) is 108 Å². The number of amides is 3. The van der Waals surface area contributed by atoms with Crippen LogP contribution < -0.4 is 16.0 Å². The fourth-order valence-corrected chi connectivity index (χ4v) is 5.93. The van der Waals surface area contributed by atoms with Gasteiger partial charge in [0, 0.05) is 24.6 Å². The minimum atomic E-state index is -0.787. The quantitative estimate of drug-likeness (QED) is 0.187. The van der Waals surface area contributed by atoms with E-state index in [1.54, 1.807) is 25.9 Å². The Balaban J connectivity index is 1.73. The van der Waals surface area contributed by atoms with E-state index in [0.717, 1.165) is 22.3 Å². The van der Waals surface area contributed by atoms with Crippen LogP contribution in [0.5, 0.6) is 0 Å². The molecule has 0 saturated heterocycles. The average molecular weight is 639 g/mol. The highest BCUT2D eigenvalue weighted by Gasteiger charge is 2.41. The van der Waals surface area contributed by atoms with Crippen LogP contribution >= 0.6 is 0 Å². The lowest BCUT2D eigenvalue weighted by atomic mass is 9.76. The zero-order chi connectivity index (χ0) is 34.9. The lowest BCUT2D eigenvalue weighted by Gasteiger charge is -2.40. The number of hydrogen-bond donors (Lipinski definition) is 3. The Hall–Kier alpha value is -4.23. The summed E-state index contributed by atoms with van der Waals surface area (Å²) < 4.78 is 0. The second-order valence-electron chi connectivity index (χ2n) is 14.4. The molecule has 3 aromatic carbocycles. The SMILES string of the molecule is CN[C@H](C(=O)N[C@H](C(=O)N(C)[C@H](C=C(C)C(=O)NCc1ccc(-c2ccccc2)cc1)C(C)C)C(C)(C)C)C(C)(C)c1ccccc1. The fourth-order valence-electron chi connectivity index (χ4n) is 5.93. The molecule has 0 aliphatic rings. The Morgan fingerprint density at radius 3 is 1.83 bits per heavy atom. The Bertz CT molecular complexity index is 1510. The van der Waals surface area contributed by atoms with Crippen LogP contribution in [0.3, 0.4) is 0 Å². The van der Waals surface area contributed by atoms with Crippen LogP contribution in [0, 0.1) is 11.3 Å². The second-order valence-corrected chi connectivity index (χ2v) is 14.4. The van der Waals surface area contributed by atoms with Crippen LogP contribution in [0.2, 0.25) is 0 Å². The number of nitrogens with one attached hydrogen (secondary N) is 3. The first-order chi connectivity index (χ1) is 22.1. The van der Waals surface area contributed by atoms with Crippen molar-refractivity contribution in [1.29, 1.82) is 0 Å². The molecule has 0 radical (unpaired) electrons. The molecule has 7 heteroatoms. The molecule has 0 aromatic heterocycles. The zero-order valence-electron chi connectivity index (χ0n) is 29.8. The molecule has 0 bridgehead atoms. The van der Waals surface area contributed by atoms with Crippen molar-refractivity contribution in [2.24, 2.45) is 11.3 Å². The summed E-state index contributed by atoms with van der Waals surface area (Å²) in [5.74, 6) is -0.619. The molecular weight excluding hydrogens is 584 g/mol. The smallest absolute Gasteiger partial charge is 0.246 e. The van der Waals surface area contributed by atoms with Crippen LogP contribution in [0.4, 0.5) is 0 Å². The number of likely N-dealkylation sites (N-methyl/N-ethyl adjacent to an activating group) is 2. The molecule has 0 saturated carbocycles. The van der Waals surface area contributed by atoms with E-state index in [0.29, 0.717) is 12.1 Å². The summed E-state index contributed by atoms with van der Waals surface area (Å²) >= 11 is 0. The van der Waals surface area contributed by atoms with Gasteiger partial charge in [0.15, 0.2) is 0 Å². The molecule has 3 amide bonds. The molecule has 3 N–H and O–H groups in total. The molecule has 0 spiro atoms. The molecule has 3 rings (SSSR count). The molecule has 3 atom stereocenters. The summed E-state index contributed by atoms with van der Waals surface area (Å²) in [7, 11) is 3.51. The Morgan fingerprint density at radius 2 is 1.32 bits per heavy atom. The van der Waals surface area contributed by atoms with Gasteiger partial charge in [0.2, 0.25) is 17.7 Å². The number of hydrogen-bond acceptors (Lipinski definition) is 4. The van der Waals surface area contributed by atoms with Gasteiger partial charge in [-0.25, -0.2) is 0 Å². The van der Waals surface area contributed by atoms with E-state index in [1.165, 1.54) is 0 Å². The number of carbonyl (C=O) groups is 3. The minimum Gasteiger partial charge on any atom is -0.348 e. The van der Waals surface area contributed by atoms with E-state index in [4.69, 9.17) is 0 Å². The van der Waals surface area contributed by atoms with Gasteiger partial charge >= 0.3 is 0 Å². The summed E-state index contributed by atoms with van der Waals surface area (Å²) in [6, 6.07) is 26.5. The van der Waals surface area contributed by atoms with E-state index in [-0.39, 0.29) is 29.7 Å². The van der Waals surface area contributed by atoms with Crippen LogP contribution in [-0.4, -0.2) is 54.8 Å². The summed E-state index contributed by atoms with van der Waals surface area (Å²) in [6.07, 6.45) is 1.85. The highest BCUT2D eigenvalue weighted by Crippen LogP contribution is 2.29. The maximum absolute atomic E-state index is 14.2. The molecule has 3 aromatic rings. The van der Waals surface area contributed by atoms with Gasteiger partial charge in [-0.15, -0.1) is 0 Å². The number of nitrogens with zero attached hydrogens (tertiary/aromatic N) is 1. The lowest BCUT2D eigenvalue weighted by molar-refractivity contribution is -0.140. The topological polar surface area (TPSA) is 90.5 Å². The molecule has 0 aliphatic carbocycles. The summed E-state index contributed by atoms with van der Waals surface area (Å²) in [6.45, 7) is 16.1. The number of benzene rings is 3. The van der Waals surface area contributed by atoms with Gasteiger partial charge in [0.05, 0.1) is 12.1 Å². The monoisotopic (exact) mass is 638 g/mol. The predicted molar refractivity (Wildman–Crippen MR) is 193 cm³/mol. The normalized spacial score (nSPS) is 14.2. The van der Waals surface area contributed by atoms with Gasteiger partial charge in [0.25, 0.3) is 0 Å². The van der Waals surface area contributed by atoms with Gasteiger partial charge < -0.3 is 20.9 Å². The van der Waals surface area contributed by atoms with E-state index >= 15 is 0 Å².